The van der Waals surface area contributed by atoms with Crippen LogP contribution in [-0.4, -0.2) is 28.1 Å². The molecule has 0 aliphatic carbocycles. The molecule has 1 aliphatic rings. The van der Waals surface area contributed by atoms with E-state index in [4.69, 9.17) is 11.6 Å². The van der Waals surface area contributed by atoms with Gasteiger partial charge in [0, 0.05) is 5.02 Å². The molecule has 4 heteroatoms. The second-order valence-corrected chi connectivity index (χ2v) is 7.52. The van der Waals surface area contributed by atoms with E-state index in [0.717, 1.165) is 24.8 Å². The first kappa shape index (κ1) is 19.0. The Kier molecular flexibility index (Phi) is 6.11. The molecule has 1 aliphatic heterocycles. The lowest BCUT2D eigenvalue weighted by molar-refractivity contribution is -0.156. The van der Waals surface area contributed by atoms with E-state index in [0.29, 0.717) is 11.4 Å². The lowest BCUT2D eigenvalue weighted by Gasteiger charge is -2.48. The Morgan fingerprint density at radius 1 is 1.46 bits per heavy atom. The normalized spacial score (nSPS) is 27.0. The first-order chi connectivity index (χ1) is 11.3. The standard InChI is InChI=1S/C20H28ClNO2/c1-5-12-20(4)13-11-18(15-7-9-16(21)10-8-15)22(19(20)24)17(6-2)14(3)23/h5,7-10,14,17-18,23H,1,6,11-13H2,2-4H3/t14-,17-,18-,20-/m0/s1. The van der Waals surface area contributed by atoms with Gasteiger partial charge in [-0.1, -0.05) is 43.7 Å². The number of rotatable bonds is 6. The smallest absolute Gasteiger partial charge is 0.229 e. The molecule has 0 bridgehead atoms. The molecule has 0 saturated carbocycles. The monoisotopic (exact) mass is 349 g/mol. The predicted octanol–water partition coefficient (Wildman–Crippen LogP) is 4.75. The number of nitrogens with zero attached hydrogens (tertiary/aromatic N) is 1. The number of hydrogen-bond donors (Lipinski definition) is 1. The van der Waals surface area contributed by atoms with Crippen LogP contribution < -0.4 is 0 Å². The van der Waals surface area contributed by atoms with Gasteiger partial charge in [-0.3, -0.25) is 4.79 Å². The van der Waals surface area contributed by atoms with Crippen LogP contribution in [0.3, 0.4) is 0 Å². The average molecular weight is 350 g/mol. The summed E-state index contributed by atoms with van der Waals surface area (Å²) in [6, 6.07) is 7.48. The van der Waals surface area contributed by atoms with Crippen molar-refractivity contribution in [3.63, 3.8) is 0 Å². The van der Waals surface area contributed by atoms with E-state index >= 15 is 0 Å². The van der Waals surface area contributed by atoms with Crippen LogP contribution in [0.4, 0.5) is 0 Å². The Balaban J connectivity index is 2.44. The van der Waals surface area contributed by atoms with E-state index in [-0.39, 0.29) is 18.0 Å². The highest BCUT2D eigenvalue weighted by Gasteiger charge is 2.46. The molecule has 3 nitrogen and oxygen atoms in total. The first-order valence-electron chi connectivity index (χ1n) is 8.71. The Bertz CT molecular complexity index is 584. The second kappa shape index (κ2) is 7.71. The first-order valence-corrected chi connectivity index (χ1v) is 9.09. The summed E-state index contributed by atoms with van der Waals surface area (Å²) in [5, 5.41) is 10.9. The number of amides is 1. The fourth-order valence-electron chi connectivity index (χ4n) is 3.83. The van der Waals surface area contributed by atoms with E-state index in [2.05, 4.69) is 6.58 Å². The molecule has 1 heterocycles. The largest absolute Gasteiger partial charge is 0.391 e. The van der Waals surface area contributed by atoms with Gasteiger partial charge in [-0.15, -0.1) is 6.58 Å². The Morgan fingerprint density at radius 2 is 2.08 bits per heavy atom. The summed E-state index contributed by atoms with van der Waals surface area (Å²) in [5.41, 5.74) is 0.639. The Morgan fingerprint density at radius 3 is 2.58 bits per heavy atom. The molecule has 0 aromatic heterocycles. The number of aliphatic hydroxyl groups excluding tert-OH is 1. The number of carbonyl (C=O) groups excluding carboxylic acids is 1. The van der Waals surface area contributed by atoms with Crippen LogP contribution in [0.5, 0.6) is 0 Å². The predicted molar refractivity (Wildman–Crippen MR) is 99.0 cm³/mol. The van der Waals surface area contributed by atoms with Crippen LogP contribution in [0.25, 0.3) is 0 Å². The van der Waals surface area contributed by atoms with Gasteiger partial charge in [0.25, 0.3) is 0 Å². The Hall–Kier alpha value is -1.32. The molecule has 2 rings (SSSR count). The van der Waals surface area contributed by atoms with Gasteiger partial charge < -0.3 is 10.0 Å². The van der Waals surface area contributed by atoms with Crippen molar-refractivity contribution in [2.24, 2.45) is 5.41 Å². The number of aliphatic hydroxyl groups is 1. The molecule has 1 aromatic rings. The summed E-state index contributed by atoms with van der Waals surface area (Å²) in [6.07, 6.45) is 4.32. The van der Waals surface area contributed by atoms with Crippen molar-refractivity contribution in [3.05, 3.63) is 47.5 Å². The fourth-order valence-corrected chi connectivity index (χ4v) is 3.95. The molecular weight excluding hydrogens is 322 g/mol. The van der Waals surface area contributed by atoms with Gasteiger partial charge in [0.2, 0.25) is 5.91 Å². The number of halogens is 1. The van der Waals surface area contributed by atoms with Gasteiger partial charge in [-0.2, -0.15) is 0 Å². The topological polar surface area (TPSA) is 40.5 Å². The average Bonchev–Trinajstić information content (AvgIpc) is 2.53. The van der Waals surface area contributed by atoms with Gasteiger partial charge in [-0.05, 0) is 50.3 Å². The zero-order valence-electron chi connectivity index (χ0n) is 14.8. The van der Waals surface area contributed by atoms with E-state index in [1.165, 1.54) is 0 Å². The van der Waals surface area contributed by atoms with E-state index < -0.39 is 11.5 Å². The van der Waals surface area contributed by atoms with Crippen LogP contribution in [0.2, 0.25) is 5.02 Å². The molecule has 0 spiro atoms. The lowest BCUT2D eigenvalue weighted by Crippen LogP contribution is -2.55. The van der Waals surface area contributed by atoms with E-state index in [1.54, 1.807) is 6.92 Å². The van der Waals surface area contributed by atoms with Crippen molar-refractivity contribution in [1.29, 1.82) is 0 Å². The van der Waals surface area contributed by atoms with Crippen LogP contribution in [0.15, 0.2) is 36.9 Å². The Labute approximate surface area is 150 Å². The van der Waals surface area contributed by atoms with Crippen molar-refractivity contribution in [2.45, 2.75) is 64.6 Å². The molecule has 24 heavy (non-hydrogen) atoms. The third kappa shape index (κ3) is 3.68. The highest BCUT2D eigenvalue weighted by Crippen LogP contribution is 2.44. The minimum atomic E-state index is -0.570. The quantitative estimate of drug-likeness (QED) is 0.753. The number of hydrogen-bond acceptors (Lipinski definition) is 2. The lowest BCUT2D eigenvalue weighted by atomic mass is 9.74. The number of likely N-dealkylation sites (tertiary alicyclic amines) is 1. The number of allylic oxidation sites excluding steroid dienone is 1. The molecule has 1 aromatic carbocycles. The highest BCUT2D eigenvalue weighted by atomic mass is 35.5. The van der Waals surface area contributed by atoms with Crippen molar-refractivity contribution in [3.8, 4) is 0 Å². The van der Waals surface area contributed by atoms with Gasteiger partial charge in [0.05, 0.1) is 23.6 Å². The van der Waals surface area contributed by atoms with Gasteiger partial charge in [0.15, 0.2) is 0 Å². The molecular formula is C20H28ClNO2. The summed E-state index contributed by atoms with van der Waals surface area (Å²) in [6.45, 7) is 9.60. The molecule has 0 unspecified atom stereocenters. The maximum absolute atomic E-state index is 13.3. The van der Waals surface area contributed by atoms with Crippen LogP contribution >= 0.6 is 11.6 Å². The van der Waals surface area contributed by atoms with Crippen molar-refractivity contribution >= 4 is 17.5 Å². The molecule has 1 N–H and O–H groups in total. The van der Waals surface area contributed by atoms with Crippen molar-refractivity contribution in [2.75, 3.05) is 0 Å². The summed E-state index contributed by atoms with van der Waals surface area (Å²) < 4.78 is 0. The van der Waals surface area contributed by atoms with Gasteiger partial charge >= 0.3 is 0 Å². The minimum absolute atomic E-state index is 0.0211. The maximum Gasteiger partial charge on any atom is 0.229 e. The molecule has 0 radical (unpaired) electrons. The summed E-state index contributed by atoms with van der Waals surface area (Å²) in [4.78, 5) is 15.3. The molecule has 1 saturated heterocycles. The SMILES string of the molecule is C=CC[C@@]1(C)CC[C@@H](c2ccc(Cl)cc2)N([C@@H](CC)[C@H](C)O)C1=O. The number of benzene rings is 1. The third-order valence-electron chi connectivity index (χ3n) is 5.24. The zero-order chi connectivity index (χ0) is 17.9. The number of piperidine rings is 1. The molecule has 4 atom stereocenters. The summed E-state index contributed by atoms with van der Waals surface area (Å²) in [5.74, 6) is 0.112. The third-order valence-corrected chi connectivity index (χ3v) is 5.49. The zero-order valence-corrected chi connectivity index (χ0v) is 15.6. The maximum atomic E-state index is 13.3. The van der Waals surface area contributed by atoms with Crippen molar-refractivity contribution < 1.29 is 9.90 Å². The van der Waals surface area contributed by atoms with Crippen molar-refractivity contribution in [1.82, 2.24) is 4.90 Å². The van der Waals surface area contributed by atoms with E-state index in [9.17, 15) is 9.90 Å². The fraction of sp³-hybridized carbons (Fsp3) is 0.550. The molecule has 132 valence electrons. The minimum Gasteiger partial charge on any atom is -0.391 e. The van der Waals surface area contributed by atoms with Gasteiger partial charge in [0.1, 0.15) is 0 Å². The van der Waals surface area contributed by atoms with Crippen LogP contribution in [0, 0.1) is 5.41 Å². The highest BCUT2D eigenvalue weighted by molar-refractivity contribution is 6.30. The molecule has 1 amide bonds. The molecule has 1 fully saturated rings. The van der Waals surface area contributed by atoms with Crippen LogP contribution in [-0.2, 0) is 4.79 Å². The summed E-state index contributed by atoms with van der Waals surface area (Å²) >= 11 is 6.01. The number of carbonyl (C=O) groups is 1. The summed E-state index contributed by atoms with van der Waals surface area (Å²) in [7, 11) is 0. The van der Waals surface area contributed by atoms with Crippen LogP contribution in [0.1, 0.15) is 58.1 Å². The van der Waals surface area contributed by atoms with E-state index in [1.807, 2.05) is 49.1 Å². The van der Waals surface area contributed by atoms with Gasteiger partial charge in [-0.25, -0.2) is 0 Å². The second-order valence-electron chi connectivity index (χ2n) is 7.09.